The van der Waals surface area contributed by atoms with E-state index < -0.39 is 16.1 Å². The van der Waals surface area contributed by atoms with E-state index in [4.69, 9.17) is 0 Å². The minimum Gasteiger partial charge on any atom is -0.353 e. The summed E-state index contributed by atoms with van der Waals surface area (Å²) in [5.41, 5.74) is 1.38. The van der Waals surface area contributed by atoms with Gasteiger partial charge in [-0.3, -0.25) is 9.69 Å². The van der Waals surface area contributed by atoms with Crippen LogP contribution in [0, 0.1) is 0 Å². The maximum absolute atomic E-state index is 12.7. The van der Waals surface area contributed by atoms with Gasteiger partial charge in [-0.15, -0.1) is 11.3 Å². The summed E-state index contributed by atoms with van der Waals surface area (Å²) in [5.74, 6) is 0.425. The first-order valence-corrected chi connectivity index (χ1v) is 13.4. The third-order valence-electron chi connectivity index (χ3n) is 4.89. The Balaban J connectivity index is 1.53. The van der Waals surface area contributed by atoms with Crippen LogP contribution in [0.1, 0.15) is 16.9 Å². The van der Waals surface area contributed by atoms with Gasteiger partial charge in [0.1, 0.15) is 6.04 Å². The first-order chi connectivity index (χ1) is 14.0. The van der Waals surface area contributed by atoms with Crippen molar-refractivity contribution < 1.29 is 13.2 Å². The molecule has 0 aliphatic carbocycles. The Kier molecular flexibility index (Phi) is 8.14. The van der Waals surface area contributed by atoms with Gasteiger partial charge < -0.3 is 5.32 Å². The molecule has 1 amide bonds. The number of sulfonamides is 1. The quantitative estimate of drug-likeness (QED) is 0.577. The summed E-state index contributed by atoms with van der Waals surface area (Å²) in [7, 11) is -3.74. The molecule has 1 unspecified atom stereocenters. The van der Waals surface area contributed by atoms with Crippen molar-refractivity contribution in [1.29, 1.82) is 0 Å². The van der Waals surface area contributed by atoms with Gasteiger partial charge in [0.2, 0.25) is 15.9 Å². The largest absolute Gasteiger partial charge is 0.353 e. The standard InChI is InChI=1S/C20H27N3O3S3/c1-27-13-9-18(22-29(25,26)17-5-3-2-4-6-17)20(24)21-10-12-23-11-7-19-16(15-23)8-14-28-19/h2-6,8,14,18,22H,7,9-13,15H2,1H3,(H,21,24). The van der Waals surface area contributed by atoms with E-state index in [-0.39, 0.29) is 10.8 Å². The summed E-state index contributed by atoms with van der Waals surface area (Å²) in [4.78, 5) is 16.6. The lowest BCUT2D eigenvalue weighted by atomic mass is 10.1. The van der Waals surface area contributed by atoms with E-state index in [9.17, 15) is 13.2 Å². The number of hydrogen-bond donors (Lipinski definition) is 2. The van der Waals surface area contributed by atoms with E-state index in [0.29, 0.717) is 18.7 Å². The number of thiophene rings is 1. The number of fused-ring (bicyclic) bond motifs is 1. The summed E-state index contributed by atoms with van der Waals surface area (Å²) in [6.45, 7) is 3.15. The fraction of sp³-hybridized carbons (Fsp3) is 0.450. The SMILES string of the molecule is CSCCC(NS(=O)(=O)c1ccccc1)C(=O)NCCN1CCc2sccc2C1. The van der Waals surface area contributed by atoms with Crippen LogP contribution in [0.15, 0.2) is 46.7 Å². The van der Waals surface area contributed by atoms with Crippen LogP contribution in [-0.4, -0.2) is 56.9 Å². The second kappa shape index (κ2) is 10.6. The highest BCUT2D eigenvalue weighted by molar-refractivity contribution is 7.98. The van der Waals surface area contributed by atoms with Gasteiger partial charge in [0.25, 0.3) is 0 Å². The normalized spacial score (nSPS) is 15.6. The zero-order valence-electron chi connectivity index (χ0n) is 16.5. The van der Waals surface area contributed by atoms with Crippen molar-refractivity contribution in [1.82, 2.24) is 14.9 Å². The molecule has 3 rings (SSSR count). The topological polar surface area (TPSA) is 78.5 Å². The number of amides is 1. The van der Waals surface area contributed by atoms with Gasteiger partial charge >= 0.3 is 0 Å². The Morgan fingerprint density at radius 2 is 2.07 bits per heavy atom. The Labute approximate surface area is 181 Å². The minimum atomic E-state index is -3.74. The Morgan fingerprint density at radius 1 is 1.28 bits per heavy atom. The third-order valence-corrected chi connectivity index (χ3v) is 8.05. The molecule has 29 heavy (non-hydrogen) atoms. The number of nitrogens with one attached hydrogen (secondary N) is 2. The molecule has 1 aliphatic rings. The highest BCUT2D eigenvalue weighted by atomic mass is 32.2. The number of hydrogen-bond acceptors (Lipinski definition) is 6. The lowest BCUT2D eigenvalue weighted by molar-refractivity contribution is -0.122. The molecule has 0 saturated heterocycles. The van der Waals surface area contributed by atoms with Gasteiger partial charge in [0.05, 0.1) is 4.90 Å². The summed E-state index contributed by atoms with van der Waals surface area (Å²) in [6, 6.07) is 9.55. The van der Waals surface area contributed by atoms with Crippen molar-refractivity contribution >= 4 is 39.0 Å². The monoisotopic (exact) mass is 453 g/mol. The fourth-order valence-corrected chi connectivity index (χ4v) is 5.90. The molecule has 9 heteroatoms. The van der Waals surface area contributed by atoms with Gasteiger partial charge in [-0.05, 0) is 54.0 Å². The molecule has 2 heterocycles. The summed E-state index contributed by atoms with van der Waals surface area (Å²) in [5, 5.41) is 5.05. The van der Waals surface area contributed by atoms with Gasteiger partial charge in [-0.1, -0.05) is 18.2 Å². The molecule has 6 nitrogen and oxygen atoms in total. The number of rotatable bonds is 10. The number of benzene rings is 1. The molecule has 2 N–H and O–H groups in total. The summed E-state index contributed by atoms with van der Waals surface area (Å²) < 4.78 is 27.8. The Hall–Kier alpha value is -1.39. The maximum Gasteiger partial charge on any atom is 0.241 e. The van der Waals surface area contributed by atoms with Gasteiger partial charge in [0, 0.05) is 31.1 Å². The van der Waals surface area contributed by atoms with E-state index in [1.807, 2.05) is 17.6 Å². The molecule has 0 saturated carbocycles. The first kappa shape index (κ1) is 22.3. The van der Waals surface area contributed by atoms with Crippen molar-refractivity contribution in [2.24, 2.45) is 0 Å². The second-order valence-corrected chi connectivity index (χ2v) is 10.7. The molecule has 1 aliphatic heterocycles. The van der Waals surface area contributed by atoms with Crippen LogP contribution in [-0.2, 0) is 27.8 Å². The predicted molar refractivity (Wildman–Crippen MR) is 120 cm³/mol. The molecular formula is C20H27N3O3S3. The highest BCUT2D eigenvalue weighted by Crippen LogP contribution is 2.23. The predicted octanol–water partition coefficient (Wildman–Crippen LogP) is 2.32. The van der Waals surface area contributed by atoms with Gasteiger partial charge in [0.15, 0.2) is 0 Å². The van der Waals surface area contributed by atoms with Gasteiger partial charge in [-0.25, -0.2) is 8.42 Å². The van der Waals surface area contributed by atoms with Gasteiger partial charge in [-0.2, -0.15) is 16.5 Å². The van der Waals surface area contributed by atoms with Crippen molar-refractivity contribution in [3.63, 3.8) is 0 Å². The van der Waals surface area contributed by atoms with Crippen LogP contribution in [0.25, 0.3) is 0 Å². The first-order valence-electron chi connectivity index (χ1n) is 9.61. The van der Waals surface area contributed by atoms with Crippen molar-refractivity contribution in [3.8, 4) is 0 Å². The molecule has 1 aromatic heterocycles. The van der Waals surface area contributed by atoms with Crippen molar-refractivity contribution in [2.45, 2.75) is 30.3 Å². The number of carbonyl (C=O) groups is 1. The second-order valence-electron chi connectivity index (χ2n) is 6.95. The van der Waals surface area contributed by atoms with Crippen LogP contribution in [0.2, 0.25) is 0 Å². The molecule has 0 bridgehead atoms. The average Bonchev–Trinajstić information content (AvgIpc) is 3.19. The lowest BCUT2D eigenvalue weighted by Gasteiger charge is -2.27. The molecule has 158 valence electrons. The Bertz CT molecular complexity index is 900. The van der Waals surface area contributed by atoms with E-state index >= 15 is 0 Å². The fourth-order valence-electron chi connectivity index (χ4n) is 3.29. The lowest BCUT2D eigenvalue weighted by Crippen LogP contribution is -2.48. The zero-order chi connectivity index (χ0) is 20.7. The highest BCUT2D eigenvalue weighted by Gasteiger charge is 2.25. The molecule has 2 aromatic rings. The maximum atomic E-state index is 12.7. The summed E-state index contributed by atoms with van der Waals surface area (Å²) >= 11 is 3.40. The Morgan fingerprint density at radius 3 is 2.83 bits per heavy atom. The number of thioether (sulfide) groups is 1. The van der Waals surface area contributed by atoms with E-state index in [0.717, 1.165) is 26.1 Å². The smallest absolute Gasteiger partial charge is 0.241 e. The van der Waals surface area contributed by atoms with Crippen LogP contribution < -0.4 is 10.0 Å². The van der Waals surface area contributed by atoms with Crippen LogP contribution in [0.3, 0.4) is 0 Å². The van der Waals surface area contributed by atoms with E-state index in [2.05, 4.69) is 26.4 Å². The molecule has 1 atom stereocenters. The summed E-state index contributed by atoms with van der Waals surface area (Å²) in [6.07, 6.45) is 3.44. The molecule has 0 spiro atoms. The van der Waals surface area contributed by atoms with E-state index in [1.165, 1.54) is 22.6 Å². The van der Waals surface area contributed by atoms with Crippen LogP contribution in [0.4, 0.5) is 0 Å². The van der Waals surface area contributed by atoms with Crippen molar-refractivity contribution in [3.05, 3.63) is 52.2 Å². The van der Waals surface area contributed by atoms with Crippen LogP contribution >= 0.6 is 23.1 Å². The van der Waals surface area contributed by atoms with Crippen molar-refractivity contribution in [2.75, 3.05) is 31.6 Å². The molecule has 0 fully saturated rings. The third kappa shape index (κ3) is 6.29. The van der Waals surface area contributed by atoms with Crippen LogP contribution in [0.5, 0.6) is 0 Å². The molecule has 0 radical (unpaired) electrons. The number of carbonyl (C=O) groups excluding carboxylic acids is 1. The minimum absolute atomic E-state index is 0.168. The number of nitrogens with zero attached hydrogens (tertiary/aromatic N) is 1. The van der Waals surface area contributed by atoms with E-state index in [1.54, 1.807) is 30.0 Å². The molecular weight excluding hydrogens is 426 g/mol. The molecule has 1 aromatic carbocycles. The average molecular weight is 454 g/mol. The zero-order valence-corrected chi connectivity index (χ0v) is 18.9.